The first kappa shape index (κ1) is 19.4. The zero-order valence-electron chi connectivity index (χ0n) is 17.9. The van der Waals surface area contributed by atoms with Crippen LogP contribution < -0.4 is 5.56 Å². The lowest BCUT2D eigenvalue weighted by atomic mass is 9.70. The average molecular weight is 435 g/mol. The zero-order chi connectivity index (χ0) is 21.2. The largest absolute Gasteiger partial charge is 0.306 e. The fourth-order valence-corrected chi connectivity index (χ4v) is 6.32. The summed E-state index contributed by atoms with van der Waals surface area (Å²) in [5.41, 5.74) is 2.81. The minimum absolute atomic E-state index is 0.207. The average Bonchev–Trinajstić information content (AvgIpc) is 3.04. The van der Waals surface area contributed by atoms with Crippen LogP contribution in [0.4, 0.5) is 0 Å². The molecule has 6 heteroatoms. The second-order valence-electron chi connectivity index (χ2n) is 9.54. The van der Waals surface area contributed by atoms with Crippen molar-refractivity contribution in [3.63, 3.8) is 0 Å². The maximum Gasteiger partial charge on any atom is 0.282 e. The fourth-order valence-electron chi connectivity index (χ4n) is 6.07. The van der Waals surface area contributed by atoms with Crippen LogP contribution in [0, 0.1) is 0 Å². The Morgan fingerprint density at radius 2 is 1.81 bits per heavy atom. The van der Waals surface area contributed by atoms with Gasteiger partial charge in [-0.05, 0) is 64.0 Å². The van der Waals surface area contributed by atoms with E-state index in [1.165, 1.54) is 17.7 Å². The lowest BCUT2D eigenvalue weighted by Crippen LogP contribution is -2.32. The summed E-state index contributed by atoms with van der Waals surface area (Å²) in [6.07, 6.45) is 7.85. The molecule has 4 heterocycles. The lowest BCUT2D eigenvalue weighted by molar-refractivity contribution is 0.253. The molecule has 1 aliphatic carbocycles. The van der Waals surface area contributed by atoms with Gasteiger partial charge in [0, 0.05) is 17.2 Å². The highest BCUT2D eigenvalue weighted by atomic mass is 35.5. The molecule has 1 aromatic carbocycles. The van der Waals surface area contributed by atoms with Crippen molar-refractivity contribution in [3.8, 4) is 5.82 Å². The van der Waals surface area contributed by atoms with Crippen LogP contribution in [0.1, 0.15) is 67.9 Å². The molecule has 31 heavy (non-hydrogen) atoms. The minimum atomic E-state index is -0.222. The molecular formula is C25H27ClN4O. The maximum atomic E-state index is 13.0. The van der Waals surface area contributed by atoms with Crippen molar-refractivity contribution in [2.75, 3.05) is 20.1 Å². The van der Waals surface area contributed by atoms with E-state index < -0.39 is 0 Å². The molecule has 160 valence electrons. The Hall–Kier alpha value is -2.24. The van der Waals surface area contributed by atoms with Gasteiger partial charge < -0.3 is 4.90 Å². The van der Waals surface area contributed by atoms with Crippen LogP contribution in [-0.4, -0.2) is 39.6 Å². The van der Waals surface area contributed by atoms with Gasteiger partial charge in [0.15, 0.2) is 0 Å². The maximum absolute atomic E-state index is 13.0. The Morgan fingerprint density at radius 1 is 1.03 bits per heavy atom. The minimum Gasteiger partial charge on any atom is -0.306 e. The van der Waals surface area contributed by atoms with Gasteiger partial charge in [0.25, 0.3) is 5.56 Å². The number of rotatable bonds is 1. The molecule has 3 aromatic rings. The number of benzene rings is 1. The topological polar surface area (TPSA) is 51.0 Å². The molecule has 0 atom stereocenters. The van der Waals surface area contributed by atoms with Crippen LogP contribution in [0.2, 0.25) is 5.02 Å². The third-order valence-electron chi connectivity index (χ3n) is 7.76. The molecule has 0 amide bonds. The summed E-state index contributed by atoms with van der Waals surface area (Å²) in [7, 11) is 2.19. The summed E-state index contributed by atoms with van der Waals surface area (Å²) in [6.45, 7) is 2.22. The van der Waals surface area contributed by atoms with Gasteiger partial charge in [-0.1, -0.05) is 43.0 Å². The molecule has 6 rings (SSSR count). The number of fused-ring (bicyclic) bond motifs is 7. The first-order valence-corrected chi connectivity index (χ1v) is 11.9. The third-order valence-corrected chi connectivity index (χ3v) is 8.08. The van der Waals surface area contributed by atoms with E-state index in [-0.39, 0.29) is 11.0 Å². The van der Waals surface area contributed by atoms with Crippen LogP contribution >= 0.6 is 11.6 Å². The van der Waals surface area contributed by atoms with E-state index in [2.05, 4.69) is 33.6 Å². The second-order valence-corrected chi connectivity index (χ2v) is 9.94. The molecule has 1 spiro atoms. The molecule has 0 radical (unpaired) electrons. The number of pyridine rings is 1. The Labute approximate surface area is 187 Å². The van der Waals surface area contributed by atoms with Crippen molar-refractivity contribution >= 4 is 22.5 Å². The van der Waals surface area contributed by atoms with Crippen LogP contribution in [0.25, 0.3) is 16.7 Å². The Kier molecular flexibility index (Phi) is 4.48. The normalized spacial score (nSPS) is 20.8. The lowest BCUT2D eigenvalue weighted by Gasteiger charge is -2.33. The van der Waals surface area contributed by atoms with Gasteiger partial charge in [-0.3, -0.25) is 9.36 Å². The SMILES string of the molecule is CN1CCC(c2ccc3c(n2)-n2c(nc(=O)c4c(Cl)cccc42)C32CCCCC2)CC1. The summed E-state index contributed by atoms with van der Waals surface area (Å²) >= 11 is 6.46. The van der Waals surface area contributed by atoms with Gasteiger partial charge in [0.2, 0.25) is 0 Å². The summed E-state index contributed by atoms with van der Waals surface area (Å²) in [5.74, 6) is 2.32. The monoisotopic (exact) mass is 434 g/mol. The van der Waals surface area contributed by atoms with Gasteiger partial charge in [0.05, 0.1) is 21.3 Å². The van der Waals surface area contributed by atoms with E-state index in [4.69, 9.17) is 16.6 Å². The van der Waals surface area contributed by atoms with Crippen molar-refractivity contribution < 1.29 is 0 Å². The van der Waals surface area contributed by atoms with E-state index >= 15 is 0 Å². The molecule has 1 saturated carbocycles. The number of hydrogen-bond donors (Lipinski definition) is 0. The van der Waals surface area contributed by atoms with Gasteiger partial charge in [0.1, 0.15) is 11.6 Å². The molecular weight excluding hydrogens is 408 g/mol. The Morgan fingerprint density at radius 3 is 2.58 bits per heavy atom. The molecule has 2 aliphatic heterocycles. The van der Waals surface area contributed by atoms with Gasteiger partial charge in [-0.2, -0.15) is 4.98 Å². The van der Waals surface area contributed by atoms with Crippen LogP contribution in [0.15, 0.2) is 35.1 Å². The highest BCUT2D eigenvalue weighted by molar-refractivity contribution is 6.35. The van der Waals surface area contributed by atoms with Crippen molar-refractivity contribution in [1.29, 1.82) is 0 Å². The van der Waals surface area contributed by atoms with Crippen molar-refractivity contribution in [2.24, 2.45) is 0 Å². The predicted molar refractivity (Wildman–Crippen MR) is 123 cm³/mol. The number of likely N-dealkylation sites (tertiary alicyclic amines) is 1. The van der Waals surface area contributed by atoms with E-state index in [1.54, 1.807) is 6.07 Å². The number of piperidine rings is 1. The summed E-state index contributed by atoms with van der Waals surface area (Å²) in [4.78, 5) is 25.4. The van der Waals surface area contributed by atoms with Gasteiger partial charge in [-0.15, -0.1) is 0 Å². The highest BCUT2D eigenvalue weighted by Gasteiger charge is 2.47. The Balaban J connectivity index is 1.61. The molecule has 2 fully saturated rings. The predicted octanol–water partition coefficient (Wildman–Crippen LogP) is 4.81. The molecule has 5 nitrogen and oxygen atoms in total. The zero-order valence-corrected chi connectivity index (χ0v) is 18.7. The smallest absolute Gasteiger partial charge is 0.282 e. The summed E-state index contributed by atoms with van der Waals surface area (Å²) in [6, 6.07) is 10.2. The van der Waals surface area contributed by atoms with Crippen LogP contribution in [-0.2, 0) is 5.41 Å². The van der Waals surface area contributed by atoms with E-state index in [0.29, 0.717) is 16.3 Å². The van der Waals surface area contributed by atoms with E-state index in [1.807, 2.05) is 12.1 Å². The number of nitrogens with zero attached hydrogens (tertiary/aromatic N) is 4. The number of halogens is 1. The van der Waals surface area contributed by atoms with Crippen LogP contribution in [0.3, 0.4) is 0 Å². The molecule has 2 aromatic heterocycles. The number of aromatic nitrogens is 3. The van der Waals surface area contributed by atoms with E-state index in [9.17, 15) is 4.79 Å². The van der Waals surface area contributed by atoms with Crippen molar-refractivity contribution in [3.05, 3.63) is 62.8 Å². The fraction of sp³-hybridized carbons (Fsp3) is 0.480. The van der Waals surface area contributed by atoms with Gasteiger partial charge in [-0.25, -0.2) is 4.98 Å². The van der Waals surface area contributed by atoms with Crippen LogP contribution in [0.5, 0.6) is 0 Å². The molecule has 0 N–H and O–H groups in total. The van der Waals surface area contributed by atoms with Crippen molar-refractivity contribution in [1.82, 2.24) is 19.4 Å². The summed E-state index contributed by atoms with van der Waals surface area (Å²) < 4.78 is 2.15. The second kappa shape index (κ2) is 7.14. The first-order chi connectivity index (χ1) is 15.1. The standard InChI is InChI=1S/C25H27ClN4O/c1-29-14-10-16(11-15-29)19-9-8-17-22(27-19)30-20-7-5-6-18(26)21(20)23(31)28-24(30)25(17)12-3-2-4-13-25/h5-9,16H,2-4,10-15H2,1H3. The molecule has 0 bridgehead atoms. The van der Waals surface area contributed by atoms with Gasteiger partial charge >= 0.3 is 0 Å². The quantitative estimate of drug-likeness (QED) is 0.551. The molecule has 1 saturated heterocycles. The highest BCUT2D eigenvalue weighted by Crippen LogP contribution is 2.51. The third kappa shape index (κ3) is 2.82. The molecule has 3 aliphatic rings. The van der Waals surface area contributed by atoms with E-state index in [0.717, 1.165) is 68.8 Å². The first-order valence-electron chi connectivity index (χ1n) is 11.5. The Bertz CT molecular complexity index is 1240. The van der Waals surface area contributed by atoms with Crippen molar-refractivity contribution in [2.45, 2.75) is 56.3 Å². The number of hydrogen-bond acceptors (Lipinski definition) is 4. The summed E-state index contributed by atoms with van der Waals surface area (Å²) in [5, 5.41) is 0.959. The molecule has 0 unspecified atom stereocenters.